The molecular formula is C13H20N2O3. The maximum atomic E-state index is 11.5. The minimum atomic E-state index is -0.525. The summed E-state index contributed by atoms with van der Waals surface area (Å²) in [4.78, 5) is 11.5. The Morgan fingerprint density at radius 2 is 1.94 bits per heavy atom. The third-order valence-electron chi connectivity index (χ3n) is 2.18. The predicted molar refractivity (Wildman–Crippen MR) is 70.3 cm³/mol. The Hall–Kier alpha value is -1.59. The van der Waals surface area contributed by atoms with Gasteiger partial charge in [-0.2, -0.15) is 0 Å². The van der Waals surface area contributed by atoms with E-state index >= 15 is 0 Å². The standard InChI is InChI=1S/C13H20N2O3/c1-13(2,3)18-12(17)15-10-6-4-9(5-7-10)11(14)8-16/h4-7,11,16H,8,14H2,1-3H3,(H,15,17). The van der Waals surface area contributed by atoms with Crippen LogP contribution in [0.25, 0.3) is 0 Å². The van der Waals surface area contributed by atoms with E-state index in [0.29, 0.717) is 5.69 Å². The normalized spacial score (nSPS) is 12.9. The number of benzene rings is 1. The number of rotatable bonds is 3. The van der Waals surface area contributed by atoms with E-state index in [2.05, 4.69) is 5.32 Å². The first kappa shape index (κ1) is 14.5. The summed E-state index contributed by atoms with van der Waals surface area (Å²) in [6, 6.07) is 6.55. The van der Waals surface area contributed by atoms with Crippen molar-refractivity contribution in [2.45, 2.75) is 32.4 Å². The van der Waals surface area contributed by atoms with Gasteiger partial charge in [0.15, 0.2) is 0 Å². The lowest BCUT2D eigenvalue weighted by atomic mass is 10.1. The molecule has 1 aromatic carbocycles. The number of carbonyl (C=O) groups is 1. The van der Waals surface area contributed by atoms with Gasteiger partial charge in [0.1, 0.15) is 5.60 Å². The van der Waals surface area contributed by atoms with Gasteiger partial charge in [-0.05, 0) is 38.5 Å². The molecule has 1 amide bonds. The van der Waals surface area contributed by atoms with Gasteiger partial charge < -0.3 is 15.6 Å². The molecule has 1 atom stereocenters. The van der Waals surface area contributed by atoms with Crippen molar-refractivity contribution in [3.8, 4) is 0 Å². The van der Waals surface area contributed by atoms with E-state index in [9.17, 15) is 4.79 Å². The zero-order valence-corrected chi connectivity index (χ0v) is 10.9. The van der Waals surface area contributed by atoms with Crippen LogP contribution in [-0.4, -0.2) is 23.4 Å². The zero-order chi connectivity index (χ0) is 13.8. The average molecular weight is 252 g/mol. The van der Waals surface area contributed by atoms with E-state index in [4.69, 9.17) is 15.6 Å². The second-order valence-corrected chi connectivity index (χ2v) is 5.04. The van der Waals surface area contributed by atoms with Crippen molar-refractivity contribution in [3.05, 3.63) is 29.8 Å². The summed E-state index contributed by atoms with van der Waals surface area (Å²) < 4.78 is 5.13. The van der Waals surface area contributed by atoms with Crippen LogP contribution in [0.15, 0.2) is 24.3 Å². The van der Waals surface area contributed by atoms with Crippen LogP contribution in [0.3, 0.4) is 0 Å². The molecule has 0 aromatic heterocycles. The monoisotopic (exact) mass is 252 g/mol. The summed E-state index contributed by atoms with van der Waals surface area (Å²) in [5.41, 5.74) is 6.58. The summed E-state index contributed by atoms with van der Waals surface area (Å²) in [5.74, 6) is 0. The van der Waals surface area contributed by atoms with Crippen molar-refractivity contribution in [1.82, 2.24) is 0 Å². The van der Waals surface area contributed by atoms with Crippen LogP contribution in [0.2, 0.25) is 0 Å². The van der Waals surface area contributed by atoms with Gasteiger partial charge in [0.05, 0.1) is 12.6 Å². The van der Waals surface area contributed by atoms with Crippen LogP contribution >= 0.6 is 0 Å². The Bertz CT molecular complexity index is 396. The molecule has 0 radical (unpaired) electrons. The van der Waals surface area contributed by atoms with E-state index in [1.807, 2.05) is 0 Å². The molecule has 0 aliphatic carbocycles. The molecule has 0 spiro atoms. The lowest BCUT2D eigenvalue weighted by Crippen LogP contribution is -2.27. The highest BCUT2D eigenvalue weighted by Gasteiger charge is 2.16. The molecule has 0 aliphatic heterocycles. The molecule has 100 valence electrons. The summed E-state index contributed by atoms with van der Waals surface area (Å²) in [7, 11) is 0. The van der Waals surface area contributed by atoms with Crippen LogP contribution in [0.1, 0.15) is 32.4 Å². The van der Waals surface area contributed by atoms with Crippen LogP contribution < -0.4 is 11.1 Å². The van der Waals surface area contributed by atoms with Crippen LogP contribution in [-0.2, 0) is 4.74 Å². The van der Waals surface area contributed by atoms with Crippen LogP contribution in [0, 0.1) is 0 Å². The van der Waals surface area contributed by atoms with E-state index < -0.39 is 17.7 Å². The molecule has 1 unspecified atom stereocenters. The smallest absolute Gasteiger partial charge is 0.412 e. The van der Waals surface area contributed by atoms with E-state index in [-0.39, 0.29) is 6.61 Å². The molecule has 5 heteroatoms. The molecule has 1 rings (SSSR count). The SMILES string of the molecule is CC(C)(C)OC(=O)Nc1ccc(C(N)CO)cc1. The van der Waals surface area contributed by atoms with Gasteiger partial charge in [0.2, 0.25) is 0 Å². The number of amides is 1. The Kier molecular flexibility index (Phi) is 4.69. The second kappa shape index (κ2) is 5.84. The van der Waals surface area contributed by atoms with Gasteiger partial charge in [0.25, 0.3) is 0 Å². The number of ether oxygens (including phenoxy) is 1. The number of hydrogen-bond acceptors (Lipinski definition) is 4. The molecular weight excluding hydrogens is 232 g/mol. The lowest BCUT2D eigenvalue weighted by molar-refractivity contribution is 0.0636. The Morgan fingerprint density at radius 3 is 2.39 bits per heavy atom. The Morgan fingerprint density at radius 1 is 1.39 bits per heavy atom. The van der Waals surface area contributed by atoms with E-state index in [1.165, 1.54) is 0 Å². The van der Waals surface area contributed by atoms with Gasteiger partial charge >= 0.3 is 6.09 Å². The number of aliphatic hydroxyl groups is 1. The number of aliphatic hydroxyl groups excluding tert-OH is 1. The fourth-order valence-electron chi connectivity index (χ4n) is 1.34. The third kappa shape index (κ3) is 4.73. The number of nitrogens with one attached hydrogen (secondary N) is 1. The maximum absolute atomic E-state index is 11.5. The van der Waals surface area contributed by atoms with Crippen molar-refractivity contribution in [2.75, 3.05) is 11.9 Å². The third-order valence-corrected chi connectivity index (χ3v) is 2.18. The summed E-state index contributed by atoms with van der Waals surface area (Å²) in [6.07, 6.45) is -0.498. The fraction of sp³-hybridized carbons (Fsp3) is 0.462. The largest absolute Gasteiger partial charge is 0.444 e. The second-order valence-electron chi connectivity index (χ2n) is 5.04. The van der Waals surface area contributed by atoms with Crippen LogP contribution in [0.4, 0.5) is 10.5 Å². The fourth-order valence-corrected chi connectivity index (χ4v) is 1.34. The van der Waals surface area contributed by atoms with Crippen molar-refractivity contribution in [1.29, 1.82) is 0 Å². The molecule has 0 bridgehead atoms. The number of hydrogen-bond donors (Lipinski definition) is 3. The molecule has 4 N–H and O–H groups in total. The van der Waals surface area contributed by atoms with Gasteiger partial charge in [-0.25, -0.2) is 4.79 Å². The first-order chi connectivity index (χ1) is 8.31. The number of nitrogens with two attached hydrogens (primary N) is 1. The minimum Gasteiger partial charge on any atom is -0.444 e. The average Bonchev–Trinajstić information content (AvgIpc) is 2.26. The highest BCUT2D eigenvalue weighted by molar-refractivity contribution is 5.84. The summed E-state index contributed by atoms with van der Waals surface area (Å²) in [5, 5.41) is 11.5. The molecule has 1 aromatic rings. The van der Waals surface area contributed by atoms with Crippen molar-refractivity contribution in [2.24, 2.45) is 5.73 Å². The topological polar surface area (TPSA) is 84.6 Å². The quantitative estimate of drug-likeness (QED) is 0.768. The molecule has 0 saturated carbocycles. The molecule has 0 heterocycles. The van der Waals surface area contributed by atoms with Crippen molar-refractivity contribution < 1.29 is 14.6 Å². The highest BCUT2D eigenvalue weighted by Crippen LogP contribution is 2.15. The first-order valence-corrected chi connectivity index (χ1v) is 5.78. The molecule has 0 aliphatic rings. The molecule has 18 heavy (non-hydrogen) atoms. The van der Waals surface area contributed by atoms with Crippen molar-refractivity contribution >= 4 is 11.8 Å². The Balaban J connectivity index is 2.61. The summed E-state index contributed by atoms with van der Waals surface area (Å²) >= 11 is 0. The van der Waals surface area contributed by atoms with Crippen molar-refractivity contribution in [3.63, 3.8) is 0 Å². The zero-order valence-electron chi connectivity index (χ0n) is 10.9. The van der Waals surface area contributed by atoms with Gasteiger partial charge in [0, 0.05) is 5.69 Å². The maximum Gasteiger partial charge on any atom is 0.412 e. The number of carbonyl (C=O) groups excluding carboxylic acids is 1. The van der Waals surface area contributed by atoms with E-state index in [0.717, 1.165) is 5.56 Å². The van der Waals surface area contributed by atoms with Gasteiger partial charge in [-0.15, -0.1) is 0 Å². The number of anilines is 1. The molecule has 0 fully saturated rings. The molecule has 5 nitrogen and oxygen atoms in total. The Labute approximate surface area is 107 Å². The molecule has 0 saturated heterocycles. The highest BCUT2D eigenvalue weighted by atomic mass is 16.6. The van der Waals surface area contributed by atoms with E-state index in [1.54, 1.807) is 45.0 Å². The lowest BCUT2D eigenvalue weighted by Gasteiger charge is -2.19. The van der Waals surface area contributed by atoms with Gasteiger partial charge in [-0.1, -0.05) is 12.1 Å². The predicted octanol–water partition coefficient (Wildman–Crippen LogP) is 2.03. The first-order valence-electron chi connectivity index (χ1n) is 5.78. The minimum absolute atomic E-state index is 0.112. The van der Waals surface area contributed by atoms with Crippen LogP contribution in [0.5, 0.6) is 0 Å². The summed E-state index contributed by atoms with van der Waals surface area (Å²) in [6.45, 7) is 5.29. The van der Waals surface area contributed by atoms with Gasteiger partial charge in [-0.3, -0.25) is 5.32 Å².